The van der Waals surface area contributed by atoms with E-state index < -0.39 is 51.0 Å². The molecule has 0 fully saturated rings. The summed E-state index contributed by atoms with van der Waals surface area (Å²) in [5.41, 5.74) is 1.51. The highest BCUT2D eigenvalue weighted by molar-refractivity contribution is 7.89. The first-order chi connectivity index (χ1) is 8.48. The summed E-state index contributed by atoms with van der Waals surface area (Å²) in [7, 11) is -4.84. The number of hydrogen-bond donors (Lipinski definition) is 2. The van der Waals surface area contributed by atoms with Crippen LogP contribution in [0.3, 0.4) is 0 Å². The topological polar surface area (TPSA) is 99.1 Å². The van der Waals surface area contributed by atoms with E-state index in [1.807, 2.05) is 0 Å². The molecule has 0 aliphatic rings. The third kappa shape index (κ3) is 3.36. The summed E-state index contributed by atoms with van der Waals surface area (Å²) in [6.45, 7) is -0.714. The Hall–Kier alpha value is -1.33. The van der Waals surface area contributed by atoms with Crippen LogP contribution < -0.4 is 10.9 Å². The Morgan fingerprint density at radius 2 is 1.84 bits per heavy atom. The van der Waals surface area contributed by atoms with Crippen molar-refractivity contribution in [2.45, 2.75) is 24.2 Å². The summed E-state index contributed by atoms with van der Waals surface area (Å²) < 4.78 is 85.1. The number of rotatable bonds is 3. The molecule has 0 amide bonds. The van der Waals surface area contributed by atoms with Gasteiger partial charge in [0.05, 0.1) is 5.56 Å². The van der Waals surface area contributed by atoms with Crippen LogP contribution in [0.5, 0.6) is 0 Å². The molecule has 0 unspecified atom stereocenters. The summed E-state index contributed by atoms with van der Waals surface area (Å²) in [5, 5.41) is 3.08. The third-order valence-electron chi connectivity index (χ3n) is 2.11. The predicted octanol–water partition coefficient (Wildman–Crippen LogP) is 1.14. The summed E-state index contributed by atoms with van der Waals surface area (Å²) in [6.07, 6.45) is -8.38. The first-order valence-corrected chi connectivity index (χ1v) is 6.15. The van der Waals surface area contributed by atoms with Crippen molar-refractivity contribution in [3.63, 3.8) is 0 Å². The Labute approximate surface area is 104 Å². The zero-order valence-electron chi connectivity index (χ0n) is 9.08. The maximum absolute atomic E-state index is 12.7. The van der Waals surface area contributed by atoms with E-state index in [1.54, 1.807) is 0 Å². The summed E-state index contributed by atoms with van der Waals surface area (Å²) >= 11 is 0. The van der Waals surface area contributed by atoms with Gasteiger partial charge in [0, 0.05) is 6.54 Å². The van der Waals surface area contributed by atoms with E-state index in [9.17, 15) is 30.4 Å². The molecule has 0 aliphatic heterocycles. The molecule has 19 heavy (non-hydrogen) atoms. The average molecular weight is 305 g/mol. The van der Waals surface area contributed by atoms with E-state index in [-0.39, 0.29) is 6.07 Å². The quantitative estimate of drug-likeness (QED) is 0.818. The van der Waals surface area contributed by atoms with Gasteiger partial charge < -0.3 is 5.73 Å². The number of sulfonamides is 1. The lowest BCUT2D eigenvalue weighted by Crippen LogP contribution is -2.22. The highest BCUT2D eigenvalue weighted by Crippen LogP contribution is 2.34. The monoisotopic (exact) mass is 305 g/mol. The molecule has 0 radical (unpaired) electrons. The molecule has 0 atom stereocenters. The average Bonchev–Trinajstić information content (AvgIpc) is 2.24. The van der Waals surface area contributed by atoms with Gasteiger partial charge in [-0.3, -0.25) is 0 Å². The van der Waals surface area contributed by atoms with Crippen LogP contribution in [-0.2, 0) is 22.7 Å². The van der Waals surface area contributed by atoms with E-state index in [0.717, 1.165) is 0 Å². The third-order valence-corrected chi connectivity index (χ3v) is 2.96. The van der Waals surface area contributed by atoms with Crippen LogP contribution >= 0.6 is 0 Å². The Morgan fingerprint density at radius 1 is 1.32 bits per heavy atom. The SMILES string of the molecule is NCc1cc(C(F)(F)F)nc(S(N)(=O)=O)c1C(F)F. The molecule has 1 aromatic heterocycles. The molecule has 0 saturated carbocycles. The molecule has 1 aromatic rings. The smallest absolute Gasteiger partial charge is 0.326 e. The molecule has 11 heteroatoms. The van der Waals surface area contributed by atoms with Gasteiger partial charge in [-0.25, -0.2) is 27.3 Å². The van der Waals surface area contributed by atoms with Crippen molar-refractivity contribution in [3.8, 4) is 0 Å². The summed E-state index contributed by atoms with van der Waals surface area (Å²) in [6, 6.07) is 0.274. The number of pyridine rings is 1. The first kappa shape index (κ1) is 15.7. The van der Waals surface area contributed by atoms with Crippen molar-refractivity contribution in [2.24, 2.45) is 10.9 Å². The van der Waals surface area contributed by atoms with Gasteiger partial charge in [-0.05, 0) is 11.6 Å². The molecular formula is C8H8F5N3O2S. The van der Waals surface area contributed by atoms with Crippen LogP contribution in [0, 0.1) is 0 Å². The summed E-state index contributed by atoms with van der Waals surface area (Å²) in [4.78, 5) is 2.67. The number of nitrogens with two attached hydrogens (primary N) is 2. The van der Waals surface area contributed by atoms with E-state index in [1.165, 1.54) is 0 Å². The lowest BCUT2D eigenvalue weighted by molar-refractivity contribution is -0.141. The molecule has 0 saturated heterocycles. The lowest BCUT2D eigenvalue weighted by Gasteiger charge is -2.14. The molecular weight excluding hydrogens is 297 g/mol. The maximum atomic E-state index is 12.7. The van der Waals surface area contributed by atoms with E-state index in [0.29, 0.717) is 0 Å². The van der Waals surface area contributed by atoms with Crippen LogP contribution in [0.15, 0.2) is 11.1 Å². The van der Waals surface area contributed by atoms with Crippen molar-refractivity contribution >= 4 is 10.0 Å². The minimum atomic E-state index is -5.01. The second-order valence-electron chi connectivity index (χ2n) is 3.43. The number of alkyl halides is 5. The molecule has 0 spiro atoms. The fraction of sp³-hybridized carbons (Fsp3) is 0.375. The number of nitrogens with zero attached hydrogens (tertiary/aromatic N) is 1. The molecule has 1 rings (SSSR count). The van der Waals surface area contributed by atoms with Crippen molar-refractivity contribution in [1.29, 1.82) is 0 Å². The fourth-order valence-electron chi connectivity index (χ4n) is 1.35. The Morgan fingerprint density at radius 3 is 2.16 bits per heavy atom. The van der Waals surface area contributed by atoms with Gasteiger partial charge in [0.1, 0.15) is 5.69 Å². The standard InChI is InChI=1S/C8H8F5N3O2S/c9-6(10)5-3(2-14)1-4(8(11,12)13)16-7(5)19(15,17)18/h1,6H,2,14H2,(H2,15,17,18). The van der Waals surface area contributed by atoms with Crippen LogP contribution in [0.4, 0.5) is 22.0 Å². The van der Waals surface area contributed by atoms with E-state index in [4.69, 9.17) is 5.73 Å². The highest BCUT2D eigenvalue weighted by Gasteiger charge is 2.37. The number of primary sulfonamides is 1. The fourth-order valence-corrected chi connectivity index (χ4v) is 2.10. The minimum absolute atomic E-state index is 0.274. The Balaban J connectivity index is 3.75. The molecule has 1 heterocycles. The van der Waals surface area contributed by atoms with Gasteiger partial charge in [-0.2, -0.15) is 13.2 Å². The zero-order valence-corrected chi connectivity index (χ0v) is 9.89. The van der Waals surface area contributed by atoms with Crippen LogP contribution in [0.1, 0.15) is 23.2 Å². The van der Waals surface area contributed by atoms with Gasteiger partial charge in [-0.15, -0.1) is 0 Å². The van der Waals surface area contributed by atoms with Gasteiger partial charge in [0.2, 0.25) is 0 Å². The first-order valence-electron chi connectivity index (χ1n) is 4.60. The van der Waals surface area contributed by atoms with Crippen LogP contribution in [0.25, 0.3) is 0 Å². The number of halogens is 5. The van der Waals surface area contributed by atoms with Crippen molar-refractivity contribution in [3.05, 3.63) is 22.9 Å². The maximum Gasteiger partial charge on any atom is 0.433 e. The molecule has 108 valence electrons. The molecule has 0 aromatic carbocycles. The lowest BCUT2D eigenvalue weighted by atomic mass is 10.1. The minimum Gasteiger partial charge on any atom is -0.326 e. The van der Waals surface area contributed by atoms with Crippen molar-refractivity contribution in [1.82, 2.24) is 4.98 Å². The van der Waals surface area contributed by atoms with Gasteiger partial charge >= 0.3 is 6.18 Å². The zero-order chi connectivity index (χ0) is 15.0. The Bertz CT molecular complexity index is 585. The normalized spacial score (nSPS) is 13.1. The van der Waals surface area contributed by atoms with Crippen molar-refractivity contribution < 1.29 is 30.4 Å². The molecule has 5 nitrogen and oxygen atoms in total. The van der Waals surface area contributed by atoms with Crippen LogP contribution in [-0.4, -0.2) is 13.4 Å². The Kier molecular flexibility index (Phi) is 4.12. The second-order valence-corrected chi connectivity index (χ2v) is 4.91. The van der Waals surface area contributed by atoms with Gasteiger partial charge in [0.25, 0.3) is 16.4 Å². The molecule has 0 bridgehead atoms. The van der Waals surface area contributed by atoms with Gasteiger partial charge in [-0.1, -0.05) is 0 Å². The predicted molar refractivity (Wildman–Crippen MR) is 53.5 cm³/mol. The highest BCUT2D eigenvalue weighted by atomic mass is 32.2. The van der Waals surface area contributed by atoms with E-state index in [2.05, 4.69) is 10.1 Å². The summed E-state index contributed by atoms with van der Waals surface area (Å²) in [5.74, 6) is 0. The number of aromatic nitrogens is 1. The molecule has 0 aliphatic carbocycles. The molecule has 4 N–H and O–H groups in total. The largest absolute Gasteiger partial charge is 0.433 e. The van der Waals surface area contributed by atoms with E-state index >= 15 is 0 Å². The second kappa shape index (κ2) is 4.98. The van der Waals surface area contributed by atoms with Crippen LogP contribution in [0.2, 0.25) is 0 Å². The number of hydrogen-bond acceptors (Lipinski definition) is 4. The van der Waals surface area contributed by atoms with Gasteiger partial charge in [0.15, 0.2) is 5.03 Å². The van der Waals surface area contributed by atoms with Crippen molar-refractivity contribution in [2.75, 3.05) is 0 Å².